The van der Waals surface area contributed by atoms with Gasteiger partial charge in [-0.2, -0.15) is 0 Å². The van der Waals surface area contributed by atoms with Crippen molar-refractivity contribution in [3.8, 4) is 0 Å². The van der Waals surface area contributed by atoms with Gasteiger partial charge >= 0.3 is 0 Å². The van der Waals surface area contributed by atoms with Crippen LogP contribution in [0.5, 0.6) is 0 Å². The Bertz CT molecular complexity index is 254. The van der Waals surface area contributed by atoms with Crippen LogP contribution in [0.1, 0.15) is 57.4 Å². The summed E-state index contributed by atoms with van der Waals surface area (Å²) in [7, 11) is 0. The van der Waals surface area contributed by atoms with Gasteiger partial charge in [0.15, 0.2) is 0 Å². The van der Waals surface area contributed by atoms with Crippen molar-refractivity contribution >= 4 is 11.3 Å². The van der Waals surface area contributed by atoms with Gasteiger partial charge in [0, 0.05) is 10.9 Å². The van der Waals surface area contributed by atoms with Crippen molar-refractivity contribution in [3.63, 3.8) is 0 Å². The first kappa shape index (κ1) is 13.7. The highest BCUT2D eigenvalue weighted by atomic mass is 32.1. The van der Waals surface area contributed by atoms with Crippen LogP contribution in [0.15, 0.2) is 17.5 Å². The Morgan fingerprint density at radius 3 is 2.69 bits per heavy atom. The predicted octanol–water partition coefficient (Wildman–Crippen LogP) is 4.62. The van der Waals surface area contributed by atoms with E-state index in [0.29, 0.717) is 6.04 Å². The summed E-state index contributed by atoms with van der Waals surface area (Å²) in [5, 5.41) is 5.86. The van der Waals surface area contributed by atoms with Gasteiger partial charge in [0.1, 0.15) is 0 Å². The Labute approximate surface area is 104 Å². The Balaban J connectivity index is 2.29. The molecule has 1 nitrogen and oxygen atoms in total. The van der Waals surface area contributed by atoms with Crippen molar-refractivity contribution in [2.75, 3.05) is 6.54 Å². The lowest BCUT2D eigenvalue weighted by atomic mass is 10.1. The van der Waals surface area contributed by atoms with E-state index in [9.17, 15) is 0 Å². The molecule has 2 heteroatoms. The van der Waals surface area contributed by atoms with E-state index in [-0.39, 0.29) is 0 Å². The molecule has 0 aromatic carbocycles. The summed E-state index contributed by atoms with van der Waals surface area (Å²) in [6.45, 7) is 8.00. The largest absolute Gasteiger partial charge is 0.309 e. The van der Waals surface area contributed by atoms with Gasteiger partial charge in [-0.25, -0.2) is 0 Å². The molecule has 0 aliphatic heterocycles. The minimum Gasteiger partial charge on any atom is -0.309 e. The minimum atomic E-state index is 0.581. The minimum absolute atomic E-state index is 0.581. The lowest BCUT2D eigenvalue weighted by molar-refractivity contribution is 0.464. The second kappa shape index (κ2) is 7.86. The van der Waals surface area contributed by atoms with Gasteiger partial charge in [0.2, 0.25) is 0 Å². The quantitative estimate of drug-likeness (QED) is 0.653. The fourth-order valence-electron chi connectivity index (χ4n) is 1.91. The lowest BCUT2D eigenvalue weighted by Crippen LogP contribution is -2.21. The molecule has 0 saturated heterocycles. The van der Waals surface area contributed by atoms with E-state index >= 15 is 0 Å². The Kier molecular flexibility index (Phi) is 6.74. The maximum atomic E-state index is 3.69. The SMILES string of the molecule is CCCC(NCCCC(C)C)c1cccs1. The molecule has 1 aromatic rings. The number of rotatable bonds is 8. The highest BCUT2D eigenvalue weighted by Gasteiger charge is 2.10. The van der Waals surface area contributed by atoms with Crippen LogP contribution in [-0.2, 0) is 0 Å². The van der Waals surface area contributed by atoms with Gasteiger partial charge in [-0.3, -0.25) is 0 Å². The van der Waals surface area contributed by atoms with Crippen LogP contribution in [0.3, 0.4) is 0 Å². The molecule has 0 saturated carbocycles. The van der Waals surface area contributed by atoms with E-state index in [1.54, 1.807) is 0 Å². The summed E-state index contributed by atoms with van der Waals surface area (Å²) in [6, 6.07) is 4.98. The molecule has 16 heavy (non-hydrogen) atoms. The molecule has 1 rings (SSSR count). The zero-order valence-electron chi connectivity index (χ0n) is 10.8. The van der Waals surface area contributed by atoms with Crippen LogP contribution in [0.2, 0.25) is 0 Å². The van der Waals surface area contributed by atoms with E-state index in [1.165, 1.54) is 30.6 Å². The van der Waals surface area contributed by atoms with E-state index < -0.39 is 0 Å². The fraction of sp³-hybridized carbons (Fsp3) is 0.714. The van der Waals surface area contributed by atoms with Gasteiger partial charge < -0.3 is 5.32 Å². The number of thiophene rings is 1. The third-order valence-electron chi connectivity index (χ3n) is 2.81. The summed E-state index contributed by atoms with van der Waals surface area (Å²) < 4.78 is 0. The first-order valence-corrected chi connectivity index (χ1v) is 7.38. The molecule has 1 atom stereocenters. The smallest absolute Gasteiger partial charge is 0.0414 e. The highest BCUT2D eigenvalue weighted by molar-refractivity contribution is 7.10. The predicted molar refractivity (Wildman–Crippen MR) is 74.0 cm³/mol. The van der Waals surface area contributed by atoms with Crippen LogP contribution >= 0.6 is 11.3 Å². The second-order valence-corrected chi connectivity index (χ2v) is 5.83. The molecule has 1 unspecified atom stereocenters. The van der Waals surface area contributed by atoms with E-state index in [4.69, 9.17) is 0 Å². The zero-order chi connectivity index (χ0) is 11.8. The molecule has 0 fully saturated rings. The third-order valence-corrected chi connectivity index (χ3v) is 3.80. The maximum absolute atomic E-state index is 3.69. The summed E-state index contributed by atoms with van der Waals surface area (Å²) in [5.41, 5.74) is 0. The summed E-state index contributed by atoms with van der Waals surface area (Å²) in [6.07, 6.45) is 5.13. The maximum Gasteiger partial charge on any atom is 0.0414 e. The van der Waals surface area contributed by atoms with E-state index in [0.717, 1.165) is 12.5 Å². The van der Waals surface area contributed by atoms with Crippen LogP contribution in [0.25, 0.3) is 0 Å². The molecule has 92 valence electrons. The molecule has 0 aliphatic carbocycles. The Morgan fingerprint density at radius 2 is 2.12 bits per heavy atom. The molecule has 0 bridgehead atoms. The molecule has 0 amide bonds. The van der Waals surface area contributed by atoms with Crippen molar-refractivity contribution in [2.24, 2.45) is 5.92 Å². The molecule has 1 aromatic heterocycles. The van der Waals surface area contributed by atoms with E-state index in [2.05, 4.69) is 43.6 Å². The second-order valence-electron chi connectivity index (χ2n) is 4.85. The van der Waals surface area contributed by atoms with Crippen LogP contribution in [-0.4, -0.2) is 6.54 Å². The van der Waals surface area contributed by atoms with Crippen LogP contribution < -0.4 is 5.32 Å². The molecule has 0 aliphatic rings. The number of nitrogens with one attached hydrogen (secondary N) is 1. The van der Waals surface area contributed by atoms with Crippen molar-refractivity contribution < 1.29 is 0 Å². The van der Waals surface area contributed by atoms with Crippen molar-refractivity contribution in [3.05, 3.63) is 22.4 Å². The monoisotopic (exact) mass is 239 g/mol. The molecular weight excluding hydrogens is 214 g/mol. The Hall–Kier alpha value is -0.340. The van der Waals surface area contributed by atoms with Crippen LogP contribution in [0, 0.1) is 5.92 Å². The molecule has 1 N–H and O–H groups in total. The average molecular weight is 239 g/mol. The molecular formula is C14H25NS. The topological polar surface area (TPSA) is 12.0 Å². The van der Waals surface area contributed by atoms with Gasteiger partial charge in [-0.1, -0.05) is 33.3 Å². The van der Waals surface area contributed by atoms with Gasteiger partial charge in [0.05, 0.1) is 0 Å². The fourth-order valence-corrected chi connectivity index (χ4v) is 2.75. The Morgan fingerprint density at radius 1 is 1.31 bits per heavy atom. The number of hydrogen-bond acceptors (Lipinski definition) is 2. The molecule has 0 radical (unpaired) electrons. The molecule has 1 heterocycles. The average Bonchev–Trinajstić information content (AvgIpc) is 2.75. The van der Waals surface area contributed by atoms with Gasteiger partial charge in [-0.05, 0) is 43.2 Å². The van der Waals surface area contributed by atoms with Gasteiger partial charge in [-0.15, -0.1) is 11.3 Å². The number of hydrogen-bond donors (Lipinski definition) is 1. The standard InChI is InChI=1S/C14H25NS/c1-4-7-13(14-9-6-11-16-14)15-10-5-8-12(2)3/h6,9,11-13,15H,4-5,7-8,10H2,1-3H3. The first-order chi connectivity index (χ1) is 7.74. The summed E-state index contributed by atoms with van der Waals surface area (Å²) in [5.74, 6) is 0.827. The normalized spacial score (nSPS) is 13.2. The highest BCUT2D eigenvalue weighted by Crippen LogP contribution is 2.23. The summed E-state index contributed by atoms with van der Waals surface area (Å²) in [4.78, 5) is 1.49. The van der Waals surface area contributed by atoms with E-state index in [1.807, 2.05) is 11.3 Å². The lowest BCUT2D eigenvalue weighted by Gasteiger charge is -2.17. The van der Waals surface area contributed by atoms with Crippen molar-refractivity contribution in [1.29, 1.82) is 0 Å². The van der Waals surface area contributed by atoms with Crippen molar-refractivity contribution in [2.45, 2.75) is 52.5 Å². The van der Waals surface area contributed by atoms with Crippen molar-refractivity contribution in [1.82, 2.24) is 5.32 Å². The first-order valence-electron chi connectivity index (χ1n) is 6.50. The van der Waals surface area contributed by atoms with Gasteiger partial charge in [0.25, 0.3) is 0 Å². The van der Waals surface area contributed by atoms with Crippen LogP contribution in [0.4, 0.5) is 0 Å². The third kappa shape index (κ3) is 5.13. The molecule has 0 spiro atoms. The summed E-state index contributed by atoms with van der Waals surface area (Å²) >= 11 is 1.87. The zero-order valence-corrected chi connectivity index (χ0v) is 11.6.